The second kappa shape index (κ2) is 19.4. The molecule has 260 valence electrons. The molecule has 0 spiro atoms. The van der Waals surface area contributed by atoms with E-state index in [1.807, 2.05) is 12.1 Å². The number of carbonyl (C=O) groups excluding carboxylic acids is 3. The Bertz CT molecular complexity index is 1800. The van der Waals surface area contributed by atoms with Crippen LogP contribution >= 0.6 is 0 Å². The summed E-state index contributed by atoms with van der Waals surface area (Å²) in [5.41, 5.74) is -0.0442. The van der Waals surface area contributed by atoms with Crippen molar-refractivity contribution in [2.24, 2.45) is 0 Å². The van der Waals surface area contributed by atoms with E-state index in [0.29, 0.717) is 24.3 Å². The van der Waals surface area contributed by atoms with Gasteiger partial charge < -0.3 is 40.0 Å². The molecule has 0 saturated heterocycles. The summed E-state index contributed by atoms with van der Waals surface area (Å²) in [6.07, 6.45) is -0.992. The van der Waals surface area contributed by atoms with E-state index in [1.165, 1.54) is 31.2 Å². The summed E-state index contributed by atoms with van der Waals surface area (Å²) in [6.45, 7) is 1.78. The van der Waals surface area contributed by atoms with Gasteiger partial charge >= 0.3 is 18.0 Å². The normalized spacial score (nSPS) is 14.1. The Morgan fingerprint density at radius 1 is 1.02 bits per heavy atom. The second-order valence-electron chi connectivity index (χ2n) is 10.4. The van der Waals surface area contributed by atoms with Gasteiger partial charge in [0.1, 0.15) is 36.3 Å². The van der Waals surface area contributed by atoms with Crippen LogP contribution in [-0.4, -0.2) is 80.7 Å². The van der Waals surface area contributed by atoms with Crippen LogP contribution in [0.4, 0.5) is 10.5 Å². The number of methoxy groups -OCH3 is 1. The fourth-order valence-electron chi connectivity index (χ4n) is 4.70. The molecule has 16 heteroatoms. The van der Waals surface area contributed by atoms with Crippen molar-refractivity contribution in [2.45, 2.75) is 25.4 Å². The van der Waals surface area contributed by atoms with Gasteiger partial charge in [-0.1, -0.05) is 36.1 Å². The van der Waals surface area contributed by atoms with Gasteiger partial charge in [-0.05, 0) is 37.6 Å². The first-order valence-corrected chi connectivity index (χ1v) is 15.1. The summed E-state index contributed by atoms with van der Waals surface area (Å²) in [4.78, 5) is 48.7. The van der Waals surface area contributed by atoms with E-state index in [2.05, 4.69) is 27.8 Å². The molecule has 0 aromatic heterocycles. The minimum atomic E-state index is -1.22. The second-order valence-corrected chi connectivity index (χ2v) is 10.4. The first-order chi connectivity index (χ1) is 24.1. The van der Waals surface area contributed by atoms with Crippen LogP contribution in [0.3, 0.4) is 0 Å². The van der Waals surface area contributed by atoms with Gasteiger partial charge in [0.2, 0.25) is 0 Å². The molecule has 0 bridgehead atoms. The molecular weight excluding hydrogens is 652 g/mol. The van der Waals surface area contributed by atoms with Crippen molar-refractivity contribution < 1.29 is 43.4 Å². The third kappa shape index (κ3) is 10.8. The Morgan fingerprint density at radius 2 is 1.76 bits per heavy atom. The zero-order valence-corrected chi connectivity index (χ0v) is 27.2. The van der Waals surface area contributed by atoms with E-state index in [-0.39, 0.29) is 60.1 Å². The number of esters is 2. The van der Waals surface area contributed by atoms with Gasteiger partial charge in [0.25, 0.3) is 5.69 Å². The van der Waals surface area contributed by atoms with E-state index in [1.54, 1.807) is 24.3 Å². The van der Waals surface area contributed by atoms with Crippen LogP contribution in [-0.2, 0) is 23.8 Å². The molecule has 2 aromatic carbocycles. The van der Waals surface area contributed by atoms with Crippen molar-refractivity contribution in [1.29, 1.82) is 10.5 Å². The summed E-state index contributed by atoms with van der Waals surface area (Å²) in [6, 6.07) is 15.9. The Labute approximate surface area is 287 Å². The monoisotopic (exact) mass is 686 g/mol. The van der Waals surface area contributed by atoms with Gasteiger partial charge in [-0.25, -0.2) is 14.4 Å². The van der Waals surface area contributed by atoms with E-state index >= 15 is 0 Å². The number of nitro benzene ring substituents is 1. The molecule has 1 heterocycles. The third-order valence-corrected chi connectivity index (χ3v) is 7.01. The van der Waals surface area contributed by atoms with Crippen LogP contribution in [0.1, 0.15) is 30.4 Å². The van der Waals surface area contributed by atoms with E-state index < -0.39 is 41.6 Å². The van der Waals surface area contributed by atoms with E-state index in [0.717, 1.165) is 7.11 Å². The Hall–Kier alpha value is -6.41. The van der Waals surface area contributed by atoms with Gasteiger partial charge in [-0.3, -0.25) is 10.1 Å². The molecule has 0 saturated carbocycles. The van der Waals surface area contributed by atoms with Gasteiger partial charge in [-0.2, -0.15) is 10.5 Å². The predicted molar refractivity (Wildman–Crippen MR) is 175 cm³/mol. The summed E-state index contributed by atoms with van der Waals surface area (Å²) >= 11 is 0. The average Bonchev–Trinajstić information content (AvgIpc) is 3.12. The molecule has 16 nitrogen and oxygen atoms in total. The number of nitriles is 2. The number of nitrogens with one attached hydrogen (secondary N) is 3. The topological polar surface area (TPSA) is 235 Å². The highest BCUT2D eigenvalue weighted by atomic mass is 16.6. The summed E-state index contributed by atoms with van der Waals surface area (Å²) in [5.74, 6) is 2.43. The van der Waals surface area contributed by atoms with Crippen molar-refractivity contribution >= 4 is 23.7 Å². The number of nitrogens with zero attached hydrogens (tertiary/aromatic N) is 3. The molecule has 1 aliphatic rings. The fourth-order valence-corrected chi connectivity index (χ4v) is 4.70. The standard InChI is InChI=1S/C34H34N6O10/c1-22-29(30(23-10-7-11-25(17-23)40(45)46)31(32(42)47-2)27(19-36)39-22)33(43)48-15-5-6-16-49-34(44)38-14-8-13-37-20-26(41)21-50-28-12-4-3-9-24(28)18-35/h3-4,7,9-12,17,26,30,37,39,41H,8,13-16,20-21H2,1-2H3,(H,38,44). The minimum Gasteiger partial charge on any atom is -0.489 e. The number of ether oxygens (including phenoxy) is 4. The smallest absolute Gasteiger partial charge is 0.408 e. The molecule has 4 N–H and O–H groups in total. The Morgan fingerprint density at radius 3 is 2.46 bits per heavy atom. The van der Waals surface area contributed by atoms with Gasteiger partial charge in [-0.15, -0.1) is 0 Å². The number of non-ortho nitro benzene ring substituents is 1. The van der Waals surface area contributed by atoms with Crippen LogP contribution in [0.25, 0.3) is 0 Å². The summed E-state index contributed by atoms with van der Waals surface area (Å²) in [7, 11) is 1.10. The lowest BCUT2D eigenvalue weighted by Crippen LogP contribution is -2.33. The van der Waals surface area contributed by atoms with Crippen molar-refractivity contribution in [1.82, 2.24) is 16.0 Å². The maximum Gasteiger partial charge on any atom is 0.408 e. The number of carbonyl (C=O) groups is 3. The van der Waals surface area contributed by atoms with E-state index in [4.69, 9.17) is 24.2 Å². The number of aliphatic hydroxyl groups is 1. The maximum atomic E-state index is 13.2. The lowest BCUT2D eigenvalue weighted by Gasteiger charge is -2.28. The highest BCUT2D eigenvalue weighted by Gasteiger charge is 2.39. The highest BCUT2D eigenvalue weighted by Crippen LogP contribution is 2.40. The van der Waals surface area contributed by atoms with Crippen LogP contribution in [0.2, 0.25) is 0 Å². The molecule has 1 amide bonds. The van der Waals surface area contributed by atoms with E-state index in [9.17, 15) is 34.9 Å². The summed E-state index contributed by atoms with van der Waals surface area (Å²) in [5, 5.41) is 48.5. The number of benzene rings is 2. The number of aliphatic hydroxyl groups excluding tert-OH is 1. The number of hydrogen-bond donors (Lipinski definition) is 4. The Balaban J connectivity index is 1.43. The lowest BCUT2D eigenvalue weighted by molar-refractivity contribution is -0.384. The largest absolute Gasteiger partial charge is 0.489 e. The van der Waals surface area contributed by atoms with Gasteiger partial charge in [0.15, 0.2) is 13.2 Å². The van der Waals surface area contributed by atoms with Crippen molar-refractivity contribution in [3.63, 3.8) is 0 Å². The molecule has 0 fully saturated rings. The zero-order valence-electron chi connectivity index (χ0n) is 27.2. The number of amides is 1. The highest BCUT2D eigenvalue weighted by molar-refractivity contribution is 6.00. The van der Waals surface area contributed by atoms with Crippen LogP contribution < -0.4 is 20.7 Å². The number of hydrogen-bond acceptors (Lipinski definition) is 14. The SMILES string of the molecule is COC(=O)C1=C(C#N)NC(C)=C(C(=O)OCC#CCOC(=O)NCCCNCC(O)COc2ccccc2C#N)C1c1cccc([N+](=O)[O-])c1. The first kappa shape index (κ1) is 38.0. The number of rotatable bonds is 15. The maximum absolute atomic E-state index is 13.2. The third-order valence-electron chi connectivity index (χ3n) is 7.01. The van der Waals surface area contributed by atoms with Crippen molar-refractivity contribution in [3.8, 4) is 29.7 Å². The molecule has 50 heavy (non-hydrogen) atoms. The van der Waals surface area contributed by atoms with Crippen molar-refractivity contribution in [2.75, 3.05) is 46.6 Å². The molecule has 0 radical (unpaired) electrons. The molecule has 1 aliphatic heterocycles. The Kier molecular flexibility index (Phi) is 14.8. The minimum absolute atomic E-state index is 0.00301. The number of dihydropyridines is 1. The molecule has 3 rings (SSSR count). The molecule has 2 aromatic rings. The fraction of sp³-hybridized carbons (Fsp3) is 0.324. The molecular formula is C34H34N6O10. The van der Waals surface area contributed by atoms with Gasteiger partial charge in [0, 0.05) is 30.9 Å². The predicted octanol–water partition coefficient (Wildman–Crippen LogP) is 2.07. The number of nitro groups is 1. The quantitative estimate of drug-likeness (QED) is 0.0524. The number of para-hydroxylation sites is 1. The lowest BCUT2D eigenvalue weighted by atomic mass is 9.80. The molecule has 0 aliphatic carbocycles. The van der Waals surface area contributed by atoms with Crippen LogP contribution in [0.15, 0.2) is 71.1 Å². The summed E-state index contributed by atoms with van der Waals surface area (Å²) < 4.78 is 20.6. The number of allylic oxidation sites excluding steroid dienone is 2. The zero-order chi connectivity index (χ0) is 36.5. The molecule has 2 unspecified atom stereocenters. The van der Waals surface area contributed by atoms with Gasteiger partial charge in [0.05, 0.1) is 34.7 Å². The molecule has 2 atom stereocenters. The van der Waals surface area contributed by atoms with Crippen LogP contribution in [0.5, 0.6) is 5.75 Å². The van der Waals surface area contributed by atoms with Crippen molar-refractivity contribution in [3.05, 3.63) is 92.3 Å². The first-order valence-electron chi connectivity index (χ1n) is 15.1. The average molecular weight is 687 g/mol. The van der Waals surface area contributed by atoms with Crippen LogP contribution in [0, 0.1) is 44.6 Å². The number of alkyl carbamates (subject to hydrolysis) is 1.